The van der Waals surface area contributed by atoms with Crippen LogP contribution in [-0.4, -0.2) is 18.5 Å². The number of carbonyl (C=O) groups excluding carboxylic acids is 2. The number of amides is 1. The van der Waals surface area contributed by atoms with Crippen molar-refractivity contribution in [2.75, 3.05) is 11.5 Å². The summed E-state index contributed by atoms with van der Waals surface area (Å²) < 4.78 is 5.68. The smallest absolute Gasteiger partial charge is 0.315 e. The molecule has 0 spiro atoms. The minimum absolute atomic E-state index is 0.264. The molecule has 2 rings (SSSR count). The van der Waals surface area contributed by atoms with Gasteiger partial charge in [-0.2, -0.15) is 0 Å². The fourth-order valence-electron chi connectivity index (χ4n) is 2.18. The highest BCUT2D eigenvalue weighted by molar-refractivity contribution is 9.10. The number of hydrogen-bond acceptors (Lipinski definition) is 3. The van der Waals surface area contributed by atoms with E-state index in [1.165, 1.54) is 0 Å². The third-order valence-corrected chi connectivity index (χ3v) is 3.90. The van der Waals surface area contributed by atoms with Gasteiger partial charge >= 0.3 is 5.97 Å². The molecule has 4 nitrogen and oxygen atoms in total. The van der Waals surface area contributed by atoms with Crippen molar-refractivity contribution in [2.45, 2.75) is 19.9 Å². The Morgan fingerprint density at radius 3 is 2.35 bits per heavy atom. The van der Waals surface area contributed by atoms with Gasteiger partial charge in [0, 0.05) is 4.47 Å². The van der Waals surface area contributed by atoms with Crippen molar-refractivity contribution in [1.29, 1.82) is 0 Å². The third-order valence-electron chi connectivity index (χ3n) is 3.23. The van der Waals surface area contributed by atoms with Gasteiger partial charge in [0.15, 0.2) is 0 Å². The zero-order valence-corrected chi connectivity index (χ0v) is 14.5. The lowest BCUT2D eigenvalue weighted by Crippen LogP contribution is -2.32. The van der Waals surface area contributed by atoms with E-state index < -0.39 is 5.97 Å². The summed E-state index contributed by atoms with van der Waals surface area (Å²) in [5, 5.41) is 0. The average molecular weight is 376 g/mol. The lowest BCUT2D eigenvalue weighted by Gasteiger charge is -2.24. The quantitative estimate of drug-likeness (QED) is 0.567. The SMILES string of the molecule is CCOC(=O)CC(=O)N(Cc1ccccc1)c1ccccc1Br. The van der Waals surface area contributed by atoms with Crippen LogP contribution in [0.4, 0.5) is 5.69 Å². The maximum Gasteiger partial charge on any atom is 0.315 e. The minimum Gasteiger partial charge on any atom is -0.466 e. The maximum atomic E-state index is 12.6. The molecule has 2 aromatic rings. The number of nitrogens with zero attached hydrogens (tertiary/aromatic N) is 1. The number of halogens is 1. The van der Waals surface area contributed by atoms with Crippen molar-refractivity contribution in [2.24, 2.45) is 0 Å². The summed E-state index contributed by atoms with van der Waals surface area (Å²) in [4.78, 5) is 25.8. The van der Waals surface area contributed by atoms with E-state index in [2.05, 4.69) is 15.9 Å². The molecule has 0 aliphatic rings. The molecule has 23 heavy (non-hydrogen) atoms. The van der Waals surface area contributed by atoms with Gasteiger partial charge < -0.3 is 9.64 Å². The largest absolute Gasteiger partial charge is 0.466 e. The number of carbonyl (C=O) groups is 2. The molecule has 0 aromatic heterocycles. The molecule has 0 heterocycles. The van der Waals surface area contributed by atoms with Gasteiger partial charge in [-0.3, -0.25) is 9.59 Å². The van der Waals surface area contributed by atoms with Gasteiger partial charge in [-0.25, -0.2) is 0 Å². The summed E-state index contributed by atoms with van der Waals surface area (Å²) in [5.74, 6) is -0.804. The van der Waals surface area contributed by atoms with E-state index in [1.807, 2.05) is 54.6 Å². The Bertz CT molecular complexity index is 673. The van der Waals surface area contributed by atoms with Crippen molar-refractivity contribution in [3.63, 3.8) is 0 Å². The Kier molecular flexibility index (Phi) is 6.35. The number of benzene rings is 2. The summed E-state index contributed by atoms with van der Waals surface area (Å²) in [6, 6.07) is 17.1. The fourth-order valence-corrected chi connectivity index (χ4v) is 2.67. The second-order valence-electron chi connectivity index (χ2n) is 4.90. The first-order valence-corrected chi connectivity index (χ1v) is 8.15. The molecule has 0 aliphatic carbocycles. The van der Waals surface area contributed by atoms with Crippen LogP contribution < -0.4 is 4.90 Å². The first-order valence-electron chi connectivity index (χ1n) is 7.36. The van der Waals surface area contributed by atoms with Crippen LogP contribution in [0, 0.1) is 0 Å². The molecule has 0 N–H and O–H groups in total. The number of rotatable bonds is 6. The molecule has 0 saturated heterocycles. The van der Waals surface area contributed by atoms with Crippen LogP contribution in [-0.2, 0) is 20.9 Å². The highest BCUT2D eigenvalue weighted by Gasteiger charge is 2.21. The molecular formula is C18H18BrNO3. The van der Waals surface area contributed by atoms with Gasteiger partial charge in [-0.15, -0.1) is 0 Å². The van der Waals surface area contributed by atoms with Crippen LogP contribution in [0.3, 0.4) is 0 Å². The van der Waals surface area contributed by atoms with Crippen LogP contribution in [0.15, 0.2) is 59.1 Å². The van der Waals surface area contributed by atoms with Crippen molar-refractivity contribution in [3.8, 4) is 0 Å². The Morgan fingerprint density at radius 2 is 1.70 bits per heavy atom. The zero-order chi connectivity index (χ0) is 16.7. The number of esters is 1. The Labute approximate surface area is 144 Å². The van der Waals surface area contributed by atoms with Gasteiger partial charge in [0.05, 0.1) is 18.8 Å². The standard InChI is InChI=1S/C18H18BrNO3/c1-2-23-18(22)12-17(21)20(13-14-8-4-3-5-9-14)16-11-7-6-10-15(16)19/h3-11H,2,12-13H2,1H3. The van der Waals surface area contributed by atoms with Crippen LogP contribution in [0.5, 0.6) is 0 Å². The zero-order valence-electron chi connectivity index (χ0n) is 12.9. The van der Waals surface area contributed by atoms with Crippen molar-refractivity contribution >= 4 is 33.5 Å². The molecule has 1 amide bonds. The first-order chi connectivity index (χ1) is 11.1. The molecule has 0 aliphatic heterocycles. The predicted molar refractivity (Wildman–Crippen MR) is 93.0 cm³/mol. The summed E-state index contributed by atoms with van der Waals surface area (Å²) in [6.07, 6.45) is -0.276. The summed E-state index contributed by atoms with van der Waals surface area (Å²) >= 11 is 3.47. The summed E-state index contributed by atoms with van der Waals surface area (Å²) in [5.41, 5.74) is 1.71. The number of anilines is 1. The summed E-state index contributed by atoms with van der Waals surface area (Å²) in [7, 11) is 0. The molecule has 0 radical (unpaired) electrons. The molecule has 0 bridgehead atoms. The molecule has 0 unspecified atom stereocenters. The van der Waals surface area contributed by atoms with Crippen LogP contribution in [0.2, 0.25) is 0 Å². The Morgan fingerprint density at radius 1 is 1.04 bits per heavy atom. The highest BCUT2D eigenvalue weighted by Crippen LogP contribution is 2.27. The van der Waals surface area contributed by atoms with E-state index in [0.717, 1.165) is 15.7 Å². The van der Waals surface area contributed by atoms with Gasteiger partial charge in [0.1, 0.15) is 6.42 Å². The topological polar surface area (TPSA) is 46.6 Å². The van der Waals surface area contributed by atoms with Gasteiger partial charge in [-0.1, -0.05) is 42.5 Å². The van der Waals surface area contributed by atoms with E-state index in [0.29, 0.717) is 6.54 Å². The number of ether oxygens (including phenoxy) is 1. The van der Waals surface area contributed by atoms with Crippen molar-refractivity contribution in [1.82, 2.24) is 0 Å². The predicted octanol–water partition coefficient (Wildman–Crippen LogP) is 3.94. The van der Waals surface area contributed by atoms with E-state index in [1.54, 1.807) is 11.8 Å². The van der Waals surface area contributed by atoms with Crippen LogP contribution in [0.25, 0.3) is 0 Å². The second kappa shape index (κ2) is 8.48. The van der Waals surface area contributed by atoms with Gasteiger partial charge in [0.2, 0.25) is 5.91 Å². The van der Waals surface area contributed by atoms with E-state index in [4.69, 9.17) is 4.74 Å². The lowest BCUT2D eigenvalue weighted by atomic mass is 10.2. The molecule has 5 heteroatoms. The number of para-hydroxylation sites is 1. The van der Waals surface area contributed by atoms with E-state index in [-0.39, 0.29) is 18.9 Å². The van der Waals surface area contributed by atoms with E-state index >= 15 is 0 Å². The van der Waals surface area contributed by atoms with Crippen molar-refractivity contribution < 1.29 is 14.3 Å². The van der Waals surface area contributed by atoms with Crippen molar-refractivity contribution in [3.05, 3.63) is 64.6 Å². The highest BCUT2D eigenvalue weighted by atomic mass is 79.9. The lowest BCUT2D eigenvalue weighted by molar-refractivity contribution is -0.145. The van der Waals surface area contributed by atoms with E-state index in [9.17, 15) is 9.59 Å². The third kappa shape index (κ3) is 4.93. The average Bonchev–Trinajstić information content (AvgIpc) is 2.54. The van der Waals surface area contributed by atoms with Crippen LogP contribution >= 0.6 is 15.9 Å². The minimum atomic E-state index is -0.511. The van der Waals surface area contributed by atoms with Crippen LogP contribution in [0.1, 0.15) is 18.9 Å². The Hall–Kier alpha value is -2.14. The molecule has 0 saturated carbocycles. The Balaban J connectivity index is 2.26. The van der Waals surface area contributed by atoms with Gasteiger partial charge in [-0.05, 0) is 40.5 Å². The fraction of sp³-hybridized carbons (Fsp3) is 0.222. The first kappa shape index (κ1) is 17.2. The molecule has 120 valence electrons. The molecule has 0 fully saturated rings. The molecule has 0 atom stereocenters. The molecule has 2 aromatic carbocycles. The number of hydrogen-bond donors (Lipinski definition) is 0. The maximum absolute atomic E-state index is 12.6. The molecular weight excluding hydrogens is 358 g/mol. The second-order valence-corrected chi connectivity index (χ2v) is 5.75. The van der Waals surface area contributed by atoms with Gasteiger partial charge in [0.25, 0.3) is 0 Å². The monoisotopic (exact) mass is 375 g/mol. The summed E-state index contributed by atoms with van der Waals surface area (Å²) in [6.45, 7) is 2.37. The normalized spacial score (nSPS) is 10.2.